The average Bonchev–Trinajstić information content (AvgIpc) is 3.81. The van der Waals surface area contributed by atoms with Gasteiger partial charge in [0.15, 0.2) is 0 Å². The number of hydrogen-bond acceptors (Lipinski definition) is 4. The zero-order valence-corrected chi connectivity index (χ0v) is 28.2. The second-order valence-electron chi connectivity index (χ2n) is 14.9. The number of fused-ring (bicyclic) bond motifs is 2. The molecule has 1 atom stereocenters. The number of benzene rings is 1. The van der Waals surface area contributed by atoms with Crippen LogP contribution in [-0.4, -0.2) is 76.7 Å². The molecule has 7 nitrogen and oxygen atoms in total. The molecule has 246 valence electrons. The molecule has 6 aliphatic rings. The molecule has 3 heterocycles. The van der Waals surface area contributed by atoms with Gasteiger partial charge in [-0.05, 0) is 86.1 Å². The van der Waals surface area contributed by atoms with Crippen molar-refractivity contribution in [2.24, 2.45) is 5.92 Å². The maximum atomic E-state index is 14.2. The van der Waals surface area contributed by atoms with Crippen LogP contribution in [0.2, 0.25) is 0 Å². The molecule has 4 fully saturated rings. The van der Waals surface area contributed by atoms with Crippen molar-refractivity contribution in [1.29, 1.82) is 0 Å². The molecule has 1 aromatic carbocycles. The lowest BCUT2D eigenvalue weighted by molar-refractivity contribution is -0.162. The fourth-order valence-electron chi connectivity index (χ4n) is 9.73. The van der Waals surface area contributed by atoms with E-state index in [4.69, 9.17) is 0 Å². The van der Waals surface area contributed by atoms with Gasteiger partial charge in [0.05, 0.1) is 5.54 Å². The van der Waals surface area contributed by atoms with Crippen LogP contribution in [0, 0.1) is 19.8 Å². The molecule has 46 heavy (non-hydrogen) atoms. The lowest BCUT2D eigenvalue weighted by Gasteiger charge is -2.55. The Bertz CT molecular complexity index is 1440. The SMILES string of the molecule is CCCCN1C(=O)[C@H](CC2CCCCC2)NC(=O)C12CCN(C1(c3cc(C)c(C(=O)N4CCCC4)c(C)c3)C3=CC=C1C=C3)CC2. The van der Waals surface area contributed by atoms with Crippen molar-refractivity contribution in [3.05, 3.63) is 69.8 Å². The number of nitrogens with zero attached hydrogens (tertiary/aromatic N) is 3. The Kier molecular flexibility index (Phi) is 8.50. The summed E-state index contributed by atoms with van der Waals surface area (Å²) in [4.78, 5) is 48.4. The van der Waals surface area contributed by atoms with E-state index in [1.807, 2.05) is 9.80 Å². The fraction of sp³-hybridized carbons (Fsp3) is 0.615. The first-order chi connectivity index (χ1) is 22.3. The Balaban J connectivity index is 1.16. The maximum absolute atomic E-state index is 14.2. The summed E-state index contributed by atoms with van der Waals surface area (Å²) in [5.41, 5.74) is 5.35. The van der Waals surface area contributed by atoms with Crippen molar-refractivity contribution in [1.82, 2.24) is 20.0 Å². The highest BCUT2D eigenvalue weighted by atomic mass is 16.2. The minimum Gasteiger partial charge on any atom is -0.342 e. The Labute approximate surface area is 275 Å². The molecule has 3 aliphatic heterocycles. The monoisotopic (exact) mass is 624 g/mol. The highest BCUT2D eigenvalue weighted by molar-refractivity contribution is 6.00. The number of carbonyl (C=O) groups excluding carboxylic acids is 3. The van der Waals surface area contributed by atoms with Gasteiger partial charge in [-0.3, -0.25) is 19.3 Å². The number of allylic oxidation sites excluding steroid dienone is 2. The van der Waals surface area contributed by atoms with E-state index >= 15 is 0 Å². The molecule has 1 saturated carbocycles. The van der Waals surface area contributed by atoms with E-state index in [-0.39, 0.29) is 23.8 Å². The van der Waals surface area contributed by atoms with Crippen molar-refractivity contribution < 1.29 is 14.4 Å². The quantitative estimate of drug-likeness (QED) is 0.379. The number of hydrogen-bond donors (Lipinski definition) is 1. The maximum Gasteiger partial charge on any atom is 0.254 e. The number of rotatable bonds is 8. The molecule has 0 aromatic heterocycles. The van der Waals surface area contributed by atoms with Crippen molar-refractivity contribution in [2.45, 2.75) is 115 Å². The lowest BCUT2D eigenvalue weighted by Crippen LogP contribution is -2.73. The Hall–Kier alpha value is -3.19. The standard InChI is InChI=1S/C39H52N4O3/c1-4-5-21-43-35(44)33(26-29-11-7-6-8-12-29)40-37(46)38(43)17-22-42(23-18-38)39(30-13-14-31(39)16-15-30)32-24-27(2)34(28(3)25-32)36(45)41-19-9-10-20-41/h13-16,24-25,29,33H,4-12,17-23,26H2,1-3H3,(H,40,46)/t33-/m0/s1. The van der Waals surface area contributed by atoms with Gasteiger partial charge >= 0.3 is 0 Å². The molecule has 3 saturated heterocycles. The van der Waals surface area contributed by atoms with Crippen LogP contribution in [0.15, 0.2) is 47.6 Å². The minimum atomic E-state index is -0.793. The zero-order valence-electron chi connectivity index (χ0n) is 28.2. The van der Waals surface area contributed by atoms with Gasteiger partial charge in [0.2, 0.25) is 11.8 Å². The smallest absolute Gasteiger partial charge is 0.254 e. The second kappa shape index (κ2) is 12.4. The summed E-state index contributed by atoms with van der Waals surface area (Å²) in [5.74, 6) is 0.878. The summed E-state index contributed by atoms with van der Waals surface area (Å²) < 4.78 is 0. The number of unbranched alkanes of at least 4 members (excludes halogenated alkanes) is 1. The zero-order chi connectivity index (χ0) is 32.1. The third-order valence-electron chi connectivity index (χ3n) is 12.2. The van der Waals surface area contributed by atoms with Crippen molar-refractivity contribution in [2.75, 3.05) is 32.7 Å². The molecule has 3 amide bonds. The van der Waals surface area contributed by atoms with Gasteiger partial charge in [0, 0.05) is 38.3 Å². The van der Waals surface area contributed by atoms with Crippen LogP contribution >= 0.6 is 0 Å². The summed E-state index contributed by atoms with van der Waals surface area (Å²) in [6.07, 6.45) is 21.1. The van der Waals surface area contributed by atoms with Gasteiger partial charge in [0.25, 0.3) is 5.91 Å². The van der Waals surface area contributed by atoms with Crippen LogP contribution in [0.4, 0.5) is 0 Å². The third-order valence-corrected chi connectivity index (χ3v) is 12.2. The first-order valence-corrected chi connectivity index (χ1v) is 18.2. The fourth-order valence-corrected chi connectivity index (χ4v) is 9.73. The normalized spacial score (nSPS) is 25.8. The molecule has 0 radical (unpaired) electrons. The number of nitrogens with one attached hydrogen (secondary N) is 1. The highest BCUT2D eigenvalue weighted by Gasteiger charge is 2.57. The number of likely N-dealkylation sites (tertiary alicyclic amines) is 2. The summed E-state index contributed by atoms with van der Waals surface area (Å²) >= 11 is 0. The summed E-state index contributed by atoms with van der Waals surface area (Å²) in [5, 5.41) is 3.27. The van der Waals surface area contributed by atoms with E-state index in [0.29, 0.717) is 38.4 Å². The largest absolute Gasteiger partial charge is 0.342 e. The Morgan fingerprint density at radius 3 is 2.11 bits per heavy atom. The van der Waals surface area contributed by atoms with Gasteiger partial charge in [-0.2, -0.15) is 0 Å². The van der Waals surface area contributed by atoms with Gasteiger partial charge in [-0.15, -0.1) is 0 Å². The third kappa shape index (κ3) is 4.99. The molecule has 2 bridgehead atoms. The average molecular weight is 625 g/mol. The summed E-state index contributed by atoms with van der Waals surface area (Å²) in [6.45, 7) is 10.1. The van der Waals surface area contributed by atoms with Crippen molar-refractivity contribution >= 4 is 17.7 Å². The summed E-state index contributed by atoms with van der Waals surface area (Å²) in [7, 11) is 0. The first kappa shape index (κ1) is 31.4. The van der Waals surface area contributed by atoms with Gasteiger partial charge in [0.1, 0.15) is 11.6 Å². The molecular weight excluding hydrogens is 572 g/mol. The molecule has 7 heteroatoms. The van der Waals surface area contributed by atoms with E-state index in [9.17, 15) is 14.4 Å². The van der Waals surface area contributed by atoms with Crippen LogP contribution in [0.3, 0.4) is 0 Å². The molecule has 1 spiro atoms. The summed E-state index contributed by atoms with van der Waals surface area (Å²) in [6, 6.07) is 4.09. The Morgan fingerprint density at radius 1 is 0.891 bits per heavy atom. The van der Waals surface area contributed by atoms with E-state index in [2.05, 4.69) is 67.4 Å². The Morgan fingerprint density at radius 2 is 1.52 bits per heavy atom. The van der Waals surface area contributed by atoms with E-state index < -0.39 is 11.1 Å². The number of aryl methyl sites for hydroxylation is 2. The van der Waals surface area contributed by atoms with Crippen LogP contribution in [0.5, 0.6) is 0 Å². The van der Waals surface area contributed by atoms with Crippen molar-refractivity contribution in [3.63, 3.8) is 0 Å². The van der Waals surface area contributed by atoms with Gasteiger partial charge in [-0.1, -0.05) is 81.9 Å². The predicted molar refractivity (Wildman–Crippen MR) is 181 cm³/mol. The minimum absolute atomic E-state index is 0.0557. The number of amides is 3. The molecule has 1 N–H and O–H groups in total. The van der Waals surface area contributed by atoms with Crippen molar-refractivity contribution in [3.8, 4) is 0 Å². The number of carbonyl (C=O) groups is 3. The van der Waals surface area contributed by atoms with E-state index in [1.54, 1.807) is 0 Å². The molecule has 0 unspecified atom stereocenters. The number of piperidine rings is 1. The molecule has 1 aromatic rings. The van der Waals surface area contributed by atoms with Crippen LogP contribution in [0.25, 0.3) is 0 Å². The predicted octanol–water partition coefficient (Wildman–Crippen LogP) is 6.10. The van der Waals surface area contributed by atoms with Gasteiger partial charge in [-0.25, -0.2) is 0 Å². The van der Waals surface area contributed by atoms with Crippen LogP contribution in [0.1, 0.15) is 111 Å². The highest BCUT2D eigenvalue weighted by Crippen LogP contribution is 2.53. The van der Waals surface area contributed by atoms with E-state index in [1.165, 1.54) is 48.8 Å². The topological polar surface area (TPSA) is 73.0 Å². The second-order valence-corrected chi connectivity index (χ2v) is 14.9. The lowest BCUT2D eigenvalue weighted by atomic mass is 9.75. The number of piperazine rings is 1. The van der Waals surface area contributed by atoms with Crippen LogP contribution in [-0.2, 0) is 15.1 Å². The van der Waals surface area contributed by atoms with Crippen LogP contribution < -0.4 is 5.32 Å². The molecule has 3 aliphatic carbocycles. The van der Waals surface area contributed by atoms with Gasteiger partial charge < -0.3 is 15.1 Å². The first-order valence-electron chi connectivity index (χ1n) is 18.2. The molecule has 7 rings (SSSR count). The molecular formula is C39H52N4O3. The van der Waals surface area contributed by atoms with E-state index in [0.717, 1.165) is 61.9 Å².